The van der Waals surface area contributed by atoms with E-state index in [4.69, 9.17) is 5.73 Å². The van der Waals surface area contributed by atoms with Crippen LogP contribution in [0, 0.1) is 0 Å². The number of nitrogens with two attached hydrogens (primary N) is 1. The van der Waals surface area contributed by atoms with Crippen molar-refractivity contribution in [3.05, 3.63) is 24.3 Å². The van der Waals surface area contributed by atoms with Crippen LogP contribution >= 0.6 is 0 Å². The van der Waals surface area contributed by atoms with Gasteiger partial charge in [0.15, 0.2) is 5.82 Å². The highest BCUT2D eigenvalue weighted by Crippen LogP contribution is 2.03. The molecule has 1 rings (SSSR count). The molecule has 0 aliphatic carbocycles. The molecule has 1 heterocycles. The molecule has 5 heteroatoms. The number of carbonyl (C=O) groups excluding carboxylic acids is 1. The molecule has 0 aromatic carbocycles. The van der Waals surface area contributed by atoms with E-state index >= 15 is 0 Å². The minimum absolute atomic E-state index is 0.150. The second-order valence-electron chi connectivity index (χ2n) is 2.04. The van der Waals surface area contributed by atoms with Gasteiger partial charge in [-0.25, -0.2) is 9.66 Å². The molecule has 5 nitrogen and oxygen atoms in total. The lowest BCUT2D eigenvalue weighted by Gasteiger charge is -1.90. The van der Waals surface area contributed by atoms with E-state index in [-0.39, 0.29) is 5.69 Å². The highest BCUT2D eigenvalue weighted by Gasteiger charge is 2.07. The highest BCUT2D eigenvalue weighted by molar-refractivity contribution is 5.90. The van der Waals surface area contributed by atoms with E-state index in [0.29, 0.717) is 5.82 Å². The molecule has 1 aromatic rings. The summed E-state index contributed by atoms with van der Waals surface area (Å²) in [6.07, 6.45) is 2.85. The van der Waals surface area contributed by atoms with Gasteiger partial charge in [0.2, 0.25) is 0 Å². The topological polar surface area (TPSA) is 73.3 Å². The number of rotatable bonds is 3. The van der Waals surface area contributed by atoms with Gasteiger partial charge in [-0.15, -0.1) is 0 Å². The zero-order valence-corrected chi connectivity index (χ0v) is 6.40. The molecule has 1 amide bonds. The number of carbonyl (C=O) groups is 1. The molecule has 0 saturated heterocycles. The molecule has 0 radical (unpaired) electrons. The van der Waals surface area contributed by atoms with Crippen LogP contribution < -0.4 is 5.73 Å². The average molecular weight is 164 g/mol. The molecule has 2 N–H and O–H groups in total. The number of amides is 1. The van der Waals surface area contributed by atoms with Crippen LogP contribution in [0.5, 0.6) is 0 Å². The summed E-state index contributed by atoms with van der Waals surface area (Å²) in [6, 6.07) is 0. The zero-order chi connectivity index (χ0) is 9.14. The van der Waals surface area contributed by atoms with E-state index < -0.39 is 5.91 Å². The van der Waals surface area contributed by atoms with Crippen LogP contribution in [0.3, 0.4) is 0 Å². The maximum absolute atomic E-state index is 10.6. The Hall–Kier alpha value is -1.91. The molecule has 0 spiro atoms. The summed E-state index contributed by atoms with van der Waals surface area (Å²) in [7, 11) is 0. The van der Waals surface area contributed by atoms with Crippen molar-refractivity contribution in [3.63, 3.8) is 0 Å². The summed E-state index contributed by atoms with van der Waals surface area (Å²) >= 11 is 0. The molecule has 0 fully saturated rings. The zero-order valence-electron chi connectivity index (χ0n) is 6.40. The molecule has 62 valence electrons. The molecule has 0 saturated carbocycles. The molecule has 0 unspecified atom stereocenters. The normalized spacial score (nSPS) is 9.33. The van der Waals surface area contributed by atoms with Crippen LogP contribution in [0.4, 0.5) is 0 Å². The maximum atomic E-state index is 10.6. The Labute approximate surface area is 69.2 Å². The monoisotopic (exact) mass is 164 g/mol. The molecular formula is C7H8N4O. The SMILES string of the molecule is C=Cc1nc(C(N)=O)cn1N=C. The van der Waals surface area contributed by atoms with E-state index in [2.05, 4.69) is 23.4 Å². The Kier molecular flexibility index (Phi) is 2.05. The van der Waals surface area contributed by atoms with Gasteiger partial charge in [0, 0.05) is 6.72 Å². The molecule has 0 bridgehead atoms. The summed E-state index contributed by atoms with van der Waals surface area (Å²) in [5.41, 5.74) is 5.14. The van der Waals surface area contributed by atoms with Crippen LogP contribution in [-0.4, -0.2) is 22.3 Å². The summed E-state index contributed by atoms with van der Waals surface area (Å²) in [5, 5.41) is 3.57. The van der Waals surface area contributed by atoms with E-state index in [1.807, 2.05) is 0 Å². The predicted molar refractivity (Wildman–Crippen MR) is 45.8 cm³/mol. The third-order valence-corrected chi connectivity index (χ3v) is 1.30. The molecule has 0 aliphatic rings. The largest absolute Gasteiger partial charge is 0.364 e. The fraction of sp³-hybridized carbons (Fsp3) is 0. The van der Waals surface area contributed by atoms with Crippen LogP contribution in [0.2, 0.25) is 0 Å². The summed E-state index contributed by atoms with van der Waals surface area (Å²) in [5.74, 6) is -0.153. The lowest BCUT2D eigenvalue weighted by atomic mass is 10.5. The number of aromatic nitrogens is 2. The molecule has 12 heavy (non-hydrogen) atoms. The van der Waals surface area contributed by atoms with Crippen LogP contribution in [-0.2, 0) is 0 Å². The predicted octanol–water partition coefficient (Wildman–Crippen LogP) is 0.0887. The standard InChI is InChI=1S/C7H8N4O/c1-3-6-10-5(7(8)12)4-11(6)9-2/h3-4H,1-2H2,(H2,8,12). The summed E-state index contributed by atoms with van der Waals surface area (Å²) in [6.45, 7) is 6.77. The lowest BCUT2D eigenvalue weighted by Crippen LogP contribution is -2.11. The van der Waals surface area contributed by atoms with Crippen LogP contribution in [0.25, 0.3) is 6.08 Å². The fourth-order valence-corrected chi connectivity index (χ4v) is 0.757. The van der Waals surface area contributed by atoms with Crippen LogP contribution in [0.15, 0.2) is 17.9 Å². The first-order valence-electron chi connectivity index (χ1n) is 3.17. The molecular weight excluding hydrogens is 156 g/mol. The van der Waals surface area contributed by atoms with E-state index in [9.17, 15) is 4.79 Å². The summed E-state index contributed by atoms with van der Waals surface area (Å²) < 4.78 is 1.33. The first kappa shape index (κ1) is 8.19. The van der Waals surface area contributed by atoms with E-state index in [1.54, 1.807) is 0 Å². The van der Waals surface area contributed by atoms with E-state index in [0.717, 1.165) is 0 Å². The van der Waals surface area contributed by atoms with Crippen molar-refractivity contribution in [2.75, 3.05) is 0 Å². The van der Waals surface area contributed by atoms with Crippen molar-refractivity contribution in [3.8, 4) is 0 Å². The first-order chi connectivity index (χ1) is 5.69. The Morgan fingerprint density at radius 2 is 2.50 bits per heavy atom. The van der Waals surface area contributed by atoms with Gasteiger partial charge in [-0.1, -0.05) is 6.58 Å². The lowest BCUT2D eigenvalue weighted by molar-refractivity contribution is 0.0996. The maximum Gasteiger partial charge on any atom is 0.268 e. The van der Waals surface area contributed by atoms with Crippen molar-refractivity contribution < 1.29 is 4.79 Å². The van der Waals surface area contributed by atoms with Gasteiger partial charge in [0.1, 0.15) is 5.69 Å². The number of primary amides is 1. The third kappa shape index (κ3) is 1.24. The first-order valence-corrected chi connectivity index (χ1v) is 3.17. The minimum Gasteiger partial charge on any atom is -0.364 e. The fourth-order valence-electron chi connectivity index (χ4n) is 0.757. The van der Waals surface area contributed by atoms with Crippen molar-refractivity contribution in [2.24, 2.45) is 10.8 Å². The molecule has 0 aliphatic heterocycles. The van der Waals surface area contributed by atoms with Gasteiger partial charge in [0.05, 0.1) is 6.20 Å². The second-order valence-corrected chi connectivity index (χ2v) is 2.04. The quantitative estimate of drug-likeness (QED) is 0.643. The van der Waals surface area contributed by atoms with E-state index in [1.165, 1.54) is 16.9 Å². The van der Waals surface area contributed by atoms with Gasteiger partial charge >= 0.3 is 0 Å². The highest BCUT2D eigenvalue weighted by atomic mass is 16.1. The summed E-state index contributed by atoms with van der Waals surface area (Å²) in [4.78, 5) is 14.5. The van der Waals surface area contributed by atoms with Crippen molar-refractivity contribution in [1.29, 1.82) is 0 Å². The number of imidazole rings is 1. The number of nitrogens with zero attached hydrogens (tertiary/aromatic N) is 3. The van der Waals surface area contributed by atoms with Gasteiger partial charge in [-0.2, -0.15) is 5.10 Å². The van der Waals surface area contributed by atoms with Crippen molar-refractivity contribution >= 4 is 18.7 Å². The van der Waals surface area contributed by atoms with Crippen LogP contribution in [0.1, 0.15) is 16.3 Å². The Morgan fingerprint density at radius 1 is 1.83 bits per heavy atom. The molecule has 1 aromatic heterocycles. The van der Waals surface area contributed by atoms with Crippen molar-refractivity contribution in [1.82, 2.24) is 9.66 Å². The van der Waals surface area contributed by atoms with Gasteiger partial charge in [-0.3, -0.25) is 4.79 Å². The number of hydrogen-bond acceptors (Lipinski definition) is 3. The molecule has 0 atom stereocenters. The van der Waals surface area contributed by atoms with Gasteiger partial charge in [0.25, 0.3) is 5.91 Å². The average Bonchev–Trinajstić information content (AvgIpc) is 2.46. The van der Waals surface area contributed by atoms with Gasteiger partial charge < -0.3 is 5.73 Å². The Bertz CT molecular complexity index is 314. The van der Waals surface area contributed by atoms with Crippen molar-refractivity contribution in [2.45, 2.75) is 0 Å². The number of hydrogen-bond donors (Lipinski definition) is 1. The Balaban J connectivity index is 3.22. The third-order valence-electron chi connectivity index (χ3n) is 1.30. The van der Waals surface area contributed by atoms with Gasteiger partial charge in [-0.05, 0) is 6.08 Å². The minimum atomic E-state index is -0.597. The Morgan fingerprint density at radius 3 is 2.83 bits per heavy atom. The second kappa shape index (κ2) is 3.00. The smallest absolute Gasteiger partial charge is 0.268 e.